The second-order valence-electron chi connectivity index (χ2n) is 10.9. The second kappa shape index (κ2) is 15.0. The Morgan fingerprint density at radius 2 is 1.57 bits per heavy atom. The van der Waals surface area contributed by atoms with Crippen LogP contribution in [-0.4, -0.2) is 71.6 Å². The van der Waals surface area contributed by atoms with Crippen LogP contribution in [0, 0.1) is 11.2 Å². The number of piperazine rings is 1. The molecule has 0 amide bonds. The largest absolute Gasteiger partial charge is 0.369 e. The van der Waals surface area contributed by atoms with Gasteiger partial charge in [0, 0.05) is 50.9 Å². The van der Waals surface area contributed by atoms with Crippen molar-refractivity contribution in [1.29, 1.82) is 0 Å². The lowest BCUT2D eigenvalue weighted by Crippen LogP contribution is -2.48. The Morgan fingerprint density at radius 1 is 1.00 bits per heavy atom. The Morgan fingerprint density at radius 3 is 2.10 bits per heavy atom. The smallest absolute Gasteiger partial charge is 0.211 e. The third kappa shape index (κ3) is 8.69. The first kappa shape index (κ1) is 34.9. The summed E-state index contributed by atoms with van der Waals surface area (Å²) in [6, 6.07) is 15.2. The summed E-state index contributed by atoms with van der Waals surface area (Å²) in [5.41, 5.74) is 2.58. The van der Waals surface area contributed by atoms with E-state index in [2.05, 4.69) is 67.2 Å². The Balaban J connectivity index is 0.00000191. The van der Waals surface area contributed by atoms with Gasteiger partial charge in [-0.05, 0) is 41.5 Å². The van der Waals surface area contributed by atoms with Crippen LogP contribution in [0.1, 0.15) is 58.2 Å². The van der Waals surface area contributed by atoms with Crippen molar-refractivity contribution in [3.63, 3.8) is 0 Å². The SMILES string of the molecule is C=O.C=O.CN=C(CC(C)(C)C(C)(C)c1cccc(N2CCN(S(C)(=O)=O)CC2)c1)N[C@@H](C)c1ccccc1F. The lowest BCUT2D eigenvalue weighted by atomic mass is 9.62. The Kier molecular flexibility index (Phi) is 13.1. The zero-order valence-electron chi connectivity index (χ0n) is 24.9. The molecule has 0 spiro atoms. The summed E-state index contributed by atoms with van der Waals surface area (Å²) in [7, 11) is -1.38. The fourth-order valence-electron chi connectivity index (χ4n) is 4.75. The number of aliphatic imine (C=N–C) groups is 1. The maximum Gasteiger partial charge on any atom is 0.211 e. The fraction of sp³-hybridized carbons (Fsp3) is 0.500. The van der Waals surface area contributed by atoms with E-state index in [-0.39, 0.29) is 22.7 Å². The van der Waals surface area contributed by atoms with Gasteiger partial charge in [0.2, 0.25) is 10.0 Å². The Hall–Kier alpha value is -3.11. The average molecular weight is 577 g/mol. The zero-order valence-corrected chi connectivity index (χ0v) is 25.7. The molecule has 8 nitrogen and oxygen atoms in total. The lowest BCUT2D eigenvalue weighted by Gasteiger charge is -2.43. The first-order chi connectivity index (χ1) is 18.8. The molecule has 1 aliphatic rings. The summed E-state index contributed by atoms with van der Waals surface area (Å²) >= 11 is 0. The number of amidine groups is 1. The lowest BCUT2D eigenvalue weighted by molar-refractivity contribution is -0.0987. The molecule has 0 radical (unpaired) electrons. The van der Waals surface area contributed by atoms with Gasteiger partial charge in [0.25, 0.3) is 0 Å². The van der Waals surface area contributed by atoms with Crippen molar-refractivity contribution in [2.45, 2.75) is 52.5 Å². The molecule has 1 saturated heterocycles. The van der Waals surface area contributed by atoms with Crippen LogP contribution in [0.3, 0.4) is 0 Å². The summed E-state index contributed by atoms with van der Waals surface area (Å²) in [6.45, 7) is 17.3. The van der Waals surface area contributed by atoms with E-state index in [0.29, 0.717) is 38.2 Å². The molecule has 1 fully saturated rings. The first-order valence-electron chi connectivity index (χ1n) is 13.1. The highest BCUT2D eigenvalue weighted by Crippen LogP contribution is 2.45. The standard InChI is InChI=1S/C28H41FN4O2S.2CH2O/c1-21(24-13-8-9-14-25(24)29)31-26(30-6)20-27(2,3)28(4,5)22-11-10-12-23(19-22)32-15-17-33(18-16-32)36(7,34)35;2*1-2/h8-14,19,21H,15-18,20H2,1-7H3,(H,30,31);2*1H2/t21-;;/m0../s1. The van der Waals surface area contributed by atoms with Gasteiger partial charge in [-0.15, -0.1) is 0 Å². The van der Waals surface area contributed by atoms with Gasteiger partial charge in [0.15, 0.2) is 0 Å². The molecule has 0 bridgehead atoms. The number of rotatable bonds is 8. The van der Waals surface area contributed by atoms with Gasteiger partial charge >= 0.3 is 0 Å². The highest BCUT2D eigenvalue weighted by Gasteiger charge is 2.40. The molecular formula is C30H45FN4O4S. The fourth-order valence-corrected chi connectivity index (χ4v) is 5.57. The van der Waals surface area contributed by atoms with Crippen molar-refractivity contribution < 1.29 is 22.4 Å². The third-order valence-electron chi connectivity index (χ3n) is 7.97. The minimum absolute atomic E-state index is 0.169. The molecule has 2 aromatic carbocycles. The van der Waals surface area contributed by atoms with Crippen LogP contribution in [0.25, 0.3) is 0 Å². The van der Waals surface area contributed by atoms with E-state index in [1.165, 1.54) is 17.9 Å². The second-order valence-corrected chi connectivity index (χ2v) is 12.9. The molecule has 3 rings (SSSR count). The van der Waals surface area contributed by atoms with E-state index in [0.717, 1.165) is 11.5 Å². The maximum absolute atomic E-state index is 14.3. The molecule has 0 aliphatic carbocycles. The van der Waals surface area contributed by atoms with Gasteiger partial charge in [-0.2, -0.15) is 4.31 Å². The van der Waals surface area contributed by atoms with Crippen molar-refractivity contribution in [2.24, 2.45) is 10.4 Å². The predicted molar refractivity (Wildman–Crippen MR) is 162 cm³/mol. The van der Waals surface area contributed by atoms with Crippen LogP contribution < -0.4 is 10.2 Å². The van der Waals surface area contributed by atoms with Crippen LogP contribution in [0.15, 0.2) is 53.5 Å². The zero-order chi connectivity index (χ0) is 30.7. The number of nitrogens with one attached hydrogen (secondary N) is 1. The molecule has 1 heterocycles. The summed E-state index contributed by atoms with van der Waals surface area (Å²) in [6.07, 6.45) is 1.97. The maximum atomic E-state index is 14.3. The van der Waals surface area contributed by atoms with Crippen LogP contribution >= 0.6 is 0 Å². The topological polar surface area (TPSA) is 99.2 Å². The van der Waals surface area contributed by atoms with E-state index in [1.807, 2.05) is 26.6 Å². The summed E-state index contributed by atoms with van der Waals surface area (Å²) < 4.78 is 39.6. The number of anilines is 1. The molecule has 0 aromatic heterocycles. The van der Waals surface area contributed by atoms with Crippen LogP contribution in [0.4, 0.5) is 10.1 Å². The molecule has 222 valence electrons. The molecule has 1 aliphatic heterocycles. The van der Waals surface area contributed by atoms with Crippen molar-refractivity contribution in [2.75, 3.05) is 44.4 Å². The third-order valence-corrected chi connectivity index (χ3v) is 9.27. The van der Waals surface area contributed by atoms with Gasteiger partial charge < -0.3 is 19.8 Å². The predicted octanol–water partition coefficient (Wildman–Crippen LogP) is 4.61. The van der Waals surface area contributed by atoms with E-state index in [4.69, 9.17) is 9.59 Å². The molecule has 40 heavy (non-hydrogen) atoms. The highest BCUT2D eigenvalue weighted by atomic mass is 32.2. The van der Waals surface area contributed by atoms with E-state index in [9.17, 15) is 12.8 Å². The van der Waals surface area contributed by atoms with Gasteiger partial charge in [-0.25, -0.2) is 12.8 Å². The van der Waals surface area contributed by atoms with Gasteiger partial charge in [-0.3, -0.25) is 4.99 Å². The molecule has 10 heteroatoms. The first-order valence-corrected chi connectivity index (χ1v) is 15.0. The minimum atomic E-state index is -3.16. The number of sulfonamides is 1. The average Bonchev–Trinajstić information content (AvgIpc) is 2.94. The van der Waals surface area contributed by atoms with E-state index in [1.54, 1.807) is 23.5 Å². The molecule has 1 N–H and O–H groups in total. The quantitative estimate of drug-likeness (QED) is 0.364. The normalized spacial score (nSPS) is 15.7. The number of carbonyl (C=O) groups excluding carboxylic acids is 2. The Bertz CT molecular complexity index is 1220. The summed E-state index contributed by atoms with van der Waals surface area (Å²) in [5.74, 6) is 0.624. The number of carbonyl (C=O) groups is 2. The van der Waals surface area contributed by atoms with Gasteiger partial charge in [-0.1, -0.05) is 58.0 Å². The summed E-state index contributed by atoms with van der Waals surface area (Å²) in [5, 5.41) is 3.43. The van der Waals surface area contributed by atoms with Crippen LogP contribution in [0.2, 0.25) is 0 Å². The van der Waals surface area contributed by atoms with Gasteiger partial charge in [0.05, 0.1) is 18.1 Å². The number of hydrogen-bond acceptors (Lipinski definition) is 6. The highest BCUT2D eigenvalue weighted by molar-refractivity contribution is 7.88. The number of hydrogen-bond donors (Lipinski definition) is 1. The van der Waals surface area contributed by atoms with E-state index >= 15 is 0 Å². The Labute approximate surface area is 239 Å². The van der Waals surface area contributed by atoms with E-state index < -0.39 is 10.0 Å². The van der Waals surface area contributed by atoms with Crippen molar-refractivity contribution in [1.82, 2.24) is 9.62 Å². The molecule has 2 aromatic rings. The van der Waals surface area contributed by atoms with Crippen LogP contribution in [0.5, 0.6) is 0 Å². The van der Waals surface area contributed by atoms with Crippen molar-refractivity contribution >= 4 is 35.1 Å². The van der Waals surface area contributed by atoms with Crippen LogP contribution in [-0.2, 0) is 25.0 Å². The minimum Gasteiger partial charge on any atom is -0.369 e. The van der Waals surface area contributed by atoms with Crippen molar-refractivity contribution in [3.05, 3.63) is 65.5 Å². The van der Waals surface area contributed by atoms with Crippen molar-refractivity contribution in [3.8, 4) is 0 Å². The number of nitrogens with zero attached hydrogens (tertiary/aromatic N) is 3. The van der Waals surface area contributed by atoms with Gasteiger partial charge in [0.1, 0.15) is 19.4 Å². The molecule has 0 saturated carbocycles. The molecule has 0 unspecified atom stereocenters. The molecule has 1 atom stereocenters. The summed E-state index contributed by atoms with van der Waals surface area (Å²) in [4.78, 5) is 22.8. The number of benzene rings is 2. The number of halogens is 1. The molecular weight excluding hydrogens is 531 g/mol. The monoisotopic (exact) mass is 576 g/mol.